The van der Waals surface area contributed by atoms with Crippen LogP contribution in [-0.2, 0) is 0 Å². The number of hydrogen-bond acceptors (Lipinski definition) is 1. The van der Waals surface area contributed by atoms with Crippen LogP contribution < -0.4 is 4.74 Å². The molecule has 75 valence electrons. The topological polar surface area (TPSA) is 9.23 Å². The number of para-hydroxylation sites is 1. The van der Waals surface area contributed by atoms with E-state index in [0.29, 0.717) is 0 Å². The van der Waals surface area contributed by atoms with Crippen LogP contribution in [0.15, 0.2) is 24.8 Å². The van der Waals surface area contributed by atoms with Crippen molar-refractivity contribution >= 4 is 11.6 Å². The van der Waals surface area contributed by atoms with Gasteiger partial charge in [0.15, 0.2) is 5.75 Å². The molecule has 1 rings (SSSR count). The second-order valence-electron chi connectivity index (χ2n) is 2.34. The predicted octanol–water partition coefficient (Wildman–Crippen LogP) is 3.58. The van der Waals surface area contributed by atoms with Crippen LogP contribution in [0.3, 0.4) is 0 Å². The molecule has 0 aromatic heterocycles. The highest BCUT2D eigenvalue weighted by Gasteiger charge is 2.32. The summed E-state index contributed by atoms with van der Waals surface area (Å²) in [6, 6.07) is 4.16. The Morgan fingerprint density at radius 3 is 2.50 bits per heavy atom. The zero-order chi connectivity index (χ0) is 10.8. The molecule has 0 aliphatic carbocycles. The van der Waals surface area contributed by atoms with Crippen molar-refractivity contribution in [2.24, 2.45) is 0 Å². The Morgan fingerprint density at radius 2 is 2.00 bits per heavy atom. The van der Waals surface area contributed by atoms with Gasteiger partial charge in [0, 0.05) is 5.56 Å². The first-order chi connectivity index (χ1) is 6.44. The third-order valence-electron chi connectivity index (χ3n) is 1.38. The van der Waals surface area contributed by atoms with Gasteiger partial charge < -0.3 is 4.74 Å². The van der Waals surface area contributed by atoms with Crippen molar-refractivity contribution in [2.45, 2.75) is 6.36 Å². The highest BCUT2D eigenvalue weighted by molar-refractivity contribution is 6.32. The van der Waals surface area contributed by atoms with Gasteiger partial charge in [-0.05, 0) is 12.1 Å². The number of alkyl halides is 3. The van der Waals surface area contributed by atoms with E-state index in [2.05, 4.69) is 17.4 Å². The summed E-state index contributed by atoms with van der Waals surface area (Å²) in [7, 11) is 0. The van der Waals surface area contributed by atoms with E-state index >= 15 is 0 Å². The van der Waals surface area contributed by atoms with Crippen LogP contribution in [0, 0.1) is 6.08 Å². The highest BCUT2D eigenvalue weighted by Crippen LogP contribution is 2.33. The molecule has 0 aliphatic rings. The van der Waals surface area contributed by atoms with Gasteiger partial charge >= 0.3 is 6.36 Å². The lowest BCUT2D eigenvalue weighted by molar-refractivity contribution is -0.274. The lowest BCUT2D eigenvalue weighted by atomic mass is 10.2. The van der Waals surface area contributed by atoms with Gasteiger partial charge in [0.2, 0.25) is 0 Å². The van der Waals surface area contributed by atoms with Crippen LogP contribution in [0.5, 0.6) is 5.75 Å². The fourth-order valence-corrected chi connectivity index (χ4v) is 1.08. The summed E-state index contributed by atoms with van der Waals surface area (Å²) in [4.78, 5) is 0. The van der Waals surface area contributed by atoms with Crippen LogP contribution in [0.2, 0.25) is 5.02 Å². The first kappa shape index (κ1) is 10.9. The Bertz CT molecular complexity index is 346. The normalized spacial score (nSPS) is 11.1. The van der Waals surface area contributed by atoms with E-state index in [0.717, 1.165) is 0 Å². The van der Waals surface area contributed by atoms with Crippen molar-refractivity contribution in [3.8, 4) is 5.75 Å². The summed E-state index contributed by atoms with van der Waals surface area (Å²) in [6.45, 7) is 3.23. The lowest BCUT2D eigenvalue weighted by Gasteiger charge is -2.12. The standard InChI is InChI=1S/C9H5ClF3O/c1-2-6-4-3-5-7(10)8(6)14-9(11,12)13/h3-5H,1H2. The van der Waals surface area contributed by atoms with E-state index in [1.807, 2.05) is 0 Å². The molecule has 0 heterocycles. The largest absolute Gasteiger partial charge is 0.573 e. The van der Waals surface area contributed by atoms with E-state index in [1.165, 1.54) is 18.2 Å². The Balaban J connectivity index is 3.11. The van der Waals surface area contributed by atoms with Crippen molar-refractivity contribution in [2.75, 3.05) is 0 Å². The molecule has 0 saturated carbocycles. The van der Waals surface area contributed by atoms with Gasteiger partial charge in [-0.2, -0.15) is 0 Å². The van der Waals surface area contributed by atoms with Crippen LogP contribution in [0.25, 0.3) is 0 Å². The van der Waals surface area contributed by atoms with E-state index in [4.69, 9.17) is 11.6 Å². The SMILES string of the molecule is C=[C]c1cccc(Cl)c1OC(F)(F)F. The molecule has 5 heteroatoms. The molecule has 0 bridgehead atoms. The van der Waals surface area contributed by atoms with E-state index in [9.17, 15) is 13.2 Å². The summed E-state index contributed by atoms with van der Waals surface area (Å²) in [5.41, 5.74) is 0.0785. The minimum absolute atomic E-state index is 0.0785. The maximum atomic E-state index is 11.9. The van der Waals surface area contributed by atoms with Crippen LogP contribution >= 0.6 is 11.6 Å². The Labute approximate surface area is 83.8 Å². The molecule has 0 N–H and O–H groups in total. The van der Waals surface area contributed by atoms with Gasteiger partial charge in [-0.1, -0.05) is 30.3 Å². The molecule has 1 aromatic carbocycles. The average Bonchev–Trinajstić information content (AvgIpc) is 2.06. The highest BCUT2D eigenvalue weighted by atomic mass is 35.5. The van der Waals surface area contributed by atoms with E-state index in [1.54, 1.807) is 0 Å². The number of benzene rings is 1. The molecule has 0 aliphatic heterocycles. The monoisotopic (exact) mass is 221 g/mol. The van der Waals surface area contributed by atoms with Crippen molar-refractivity contribution in [1.29, 1.82) is 0 Å². The van der Waals surface area contributed by atoms with Gasteiger partial charge in [0.1, 0.15) is 0 Å². The number of halogens is 4. The predicted molar refractivity (Wildman–Crippen MR) is 46.1 cm³/mol. The molecule has 0 unspecified atom stereocenters. The van der Waals surface area contributed by atoms with Crippen molar-refractivity contribution in [1.82, 2.24) is 0 Å². The molecule has 14 heavy (non-hydrogen) atoms. The third-order valence-corrected chi connectivity index (χ3v) is 1.67. The smallest absolute Gasteiger partial charge is 0.404 e. The molecule has 0 amide bonds. The van der Waals surface area contributed by atoms with Gasteiger partial charge in [0.05, 0.1) is 5.02 Å². The van der Waals surface area contributed by atoms with Crippen molar-refractivity contribution in [3.63, 3.8) is 0 Å². The second-order valence-corrected chi connectivity index (χ2v) is 2.75. The Kier molecular flexibility index (Phi) is 3.06. The lowest BCUT2D eigenvalue weighted by Crippen LogP contribution is -2.18. The van der Waals surface area contributed by atoms with E-state index < -0.39 is 12.1 Å². The zero-order valence-corrected chi connectivity index (χ0v) is 7.62. The van der Waals surface area contributed by atoms with Crippen LogP contribution in [-0.4, -0.2) is 6.36 Å². The minimum Gasteiger partial charge on any atom is -0.404 e. The van der Waals surface area contributed by atoms with Gasteiger partial charge in [-0.3, -0.25) is 0 Å². The summed E-state index contributed by atoms with van der Waals surface area (Å²) in [6.07, 6.45) is -2.47. The summed E-state index contributed by atoms with van der Waals surface area (Å²) < 4.78 is 39.4. The van der Waals surface area contributed by atoms with Crippen molar-refractivity contribution in [3.05, 3.63) is 41.4 Å². The molecule has 0 fully saturated rings. The van der Waals surface area contributed by atoms with Crippen LogP contribution in [0.1, 0.15) is 5.56 Å². The van der Waals surface area contributed by atoms with Gasteiger partial charge in [-0.15, -0.1) is 13.2 Å². The molecular weight excluding hydrogens is 217 g/mol. The molecule has 0 spiro atoms. The average molecular weight is 222 g/mol. The van der Waals surface area contributed by atoms with Gasteiger partial charge in [-0.25, -0.2) is 0 Å². The minimum atomic E-state index is -4.77. The Morgan fingerprint density at radius 1 is 1.36 bits per heavy atom. The maximum Gasteiger partial charge on any atom is 0.573 e. The third kappa shape index (κ3) is 2.67. The van der Waals surface area contributed by atoms with Crippen molar-refractivity contribution < 1.29 is 17.9 Å². The number of rotatable bonds is 2. The molecule has 1 nitrogen and oxygen atoms in total. The summed E-state index contributed by atoms with van der Waals surface area (Å²) >= 11 is 5.52. The molecule has 1 aromatic rings. The first-order valence-corrected chi connectivity index (χ1v) is 3.89. The fraction of sp³-hybridized carbons (Fsp3) is 0.111. The van der Waals surface area contributed by atoms with E-state index in [-0.39, 0.29) is 10.6 Å². The quantitative estimate of drug-likeness (QED) is 0.742. The molecule has 0 saturated heterocycles. The fourth-order valence-electron chi connectivity index (χ4n) is 0.868. The second kappa shape index (κ2) is 3.92. The molecule has 0 atom stereocenters. The zero-order valence-electron chi connectivity index (χ0n) is 6.86. The molecular formula is C9H5ClF3O. The number of ether oxygens (including phenoxy) is 1. The first-order valence-electron chi connectivity index (χ1n) is 3.51. The Hall–Kier alpha value is -1.16. The molecule has 1 radical (unpaired) electrons. The summed E-state index contributed by atoms with van der Waals surface area (Å²) in [5.74, 6) is -0.475. The maximum absolute atomic E-state index is 11.9. The number of hydrogen-bond donors (Lipinski definition) is 0. The van der Waals surface area contributed by atoms with Crippen LogP contribution in [0.4, 0.5) is 13.2 Å². The summed E-state index contributed by atoms with van der Waals surface area (Å²) in [5, 5.41) is -0.129. The van der Waals surface area contributed by atoms with Gasteiger partial charge in [0.25, 0.3) is 0 Å².